The summed E-state index contributed by atoms with van der Waals surface area (Å²) in [7, 11) is 0. The van der Waals surface area contributed by atoms with E-state index in [1.807, 2.05) is 12.1 Å². The number of nitrogens with zero attached hydrogens (tertiary/aromatic N) is 3. The highest BCUT2D eigenvalue weighted by atomic mass is 35.5. The van der Waals surface area contributed by atoms with E-state index in [0.29, 0.717) is 29.5 Å². The summed E-state index contributed by atoms with van der Waals surface area (Å²) in [5.41, 5.74) is 0.654. The summed E-state index contributed by atoms with van der Waals surface area (Å²) < 4.78 is 14.0. The van der Waals surface area contributed by atoms with Gasteiger partial charge in [0.05, 0.1) is 0 Å². The topological polar surface area (TPSA) is 50.7 Å². The third-order valence-corrected chi connectivity index (χ3v) is 3.35. The van der Waals surface area contributed by atoms with E-state index in [1.54, 1.807) is 18.5 Å². The number of aromatic nitrogens is 3. The van der Waals surface area contributed by atoms with Gasteiger partial charge >= 0.3 is 0 Å². The Kier molecular flexibility index (Phi) is 3.92. The van der Waals surface area contributed by atoms with Crippen molar-refractivity contribution in [3.05, 3.63) is 59.5 Å². The second-order valence-electron chi connectivity index (χ2n) is 4.57. The minimum absolute atomic E-state index is 0.224. The summed E-state index contributed by atoms with van der Waals surface area (Å²) in [6.45, 7) is 0.556. The van der Waals surface area contributed by atoms with Gasteiger partial charge in [0, 0.05) is 30.4 Å². The van der Waals surface area contributed by atoms with Crippen molar-refractivity contribution in [1.29, 1.82) is 0 Å². The average molecular weight is 303 g/mol. The molecular formula is C15H12ClFN4. The Morgan fingerprint density at radius 3 is 2.90 bits per heavy atom. The van der Waals surface area contributed by atoms with Crippen molar-refractivity contribution < 1.29 is 4.39 Å². The van der Waals surface area contributed by atoms with Gasteiger partial charge in [-0.2, -0.15) is 0 Å². The third-order valence-electron chi connectivity index (χ3n) is 3.14. The molecule has 0 aliphatic carbocycles. The quantitative estimate of drug-likeness (QED) is 0.750. The van der Waals surface area contributed by atoms with Crippen LogP contribution in [0.2, 0.25) is 5.15 Å². The van der Waals surface area contributed by atoms with Gasteiger partial charge in [-0.15, -0.1) is 0 Å². The summed E-state index contributed by atoms with van der Waals surface area (Å²) in [5.74, 6) is 0.401. The first kappa shape index (κ1) is 13.7. The standard InChI is InChI=1S/C15H12ClFN4/c16-14-7-15(21-9-20-14)19-4-2-11-5-10-1-3-18-8-12(10)6-13(11)17/h1,3,5-9H,2,4H2,(H,19,20,21). The molecule has 2 aromatic heterocycles. The van der Waals surface area contributed by atoms with Crippen LogP contribution in [0.15, 0.2) is 43.0 Å². The molecule has 2 heterocycles. The lowest BCUT2D eigenvalue weighted by Crippen LogP contribution is -2.07. The predicted molar refractivity (Wildman–Crippen MR) is 80.9 cm³/mol. The molecule has 0 saturated heterocycles. The normalized spacial score (nSPS) is 10.8. The molecule has 0 unspecified atom stereocenters. The van der Waals surface area contributed by atoms with E-state index in [1.165, 1.54) is 12.4 Å². The highest BCUT2D eigenvalue weighted by molar-refractivity contribution is 6.29. The lowest BCUT2D eigenvalue weighted by Gasteiger charge is -2.08. The van der Waals surface area contributed by atoms with Gasteiger partial charge in [-0.3, -0.25) is 4.98 Å². The molecule has 0 atom stereocenters. The van der Waals surface area contributed by atoms with Crippen molar-refractivity contribution in [1.82, 2.24) is 15.0 Å². The zero-order valence-electron chi connectivity index (χ0n) is 11.1. The van der Waals surface area contributed by atoms with E-state index in [9.17, 15) is 4.39 Å². The number of anilines is 1. The molecule has 6 heteroatoms. The molecule has 0 fully saturated rings. The number of hydrogen-bond acceptors (Lipinski definition) is 4. The van der Waals surface area contributed by atoms with Crippen LogP contribution in [0.5, 0.6) is 0 Å². The van der Waals surface area contributed by atoms with E-state index in [0.717, 1.165) is 10.8 Å². The maximum absolute atomic E-state index is 14.0. The Morgan fingerprint density at radius 1 is 1.14 bits per heavy atom. The van der Waals surface area contributed by atoms with Gasteiger partial charge in [0.1, 0.15) is 23.1 Å². The van der Waals surface area contributed by atoms with Crippen LogP contribution in [0.3, 0.4) is 0 Å². The van der Waals surface area contributed by atoms with Crippen molar-refractivity contribution in [2.45, 2.75) is 6.42 Å². The van der Waals surface area contributed by atoms with Crippen molar-refractivity contribution in [3.63, 3.8) is 0 Å². The minimum Gasteiger partial charge on any atom is -0.370 e. The van der Waals surface area contributed by atoms with E-state index < -0.39 is 0 Å². The van der Waals surface area contributed by atoms with Gasteiger partial charge in [-0.1, -0.05) is 11.6 Å². The fourth-order valence-corrected chi connectivity index (χ4v) is 2.25. The fourth-order valence-electron chi connectivity index (χ4n) is 2.10. The van der Waals surface area contributed by atoms with Crippen molar-refractivity contribution in [2.75, 3.05) is 11.9 Å². The van der Waals surface area contributed by atoms with Crippen LogP contribution in [-0.4, -0.2) is 21.5 Å². The molecule has 0 aliphatic rings. The number of benzene rings is 1. The molecule has 4 nitrogen and oxygen atoms in total. The zero-order valence-corrected chi connectivity index (χ0v) is 11.8. The highest BCUT2D eigenvalue weighted by Crippen LogP contribution is 2.19. The maximum Gasteiger partial charge on any atom is 0.134 e. The van der Waals surface area contributed by atoms with Gasteiger partial charge in [0.2, 0.25) is 0 Å². The molecule has 3 aromatic rings. The molecule has 0 bridgehead atoms. The summed E-state index contributed by atoms with van der Waals surface area (Å²) >= 11 is 5.77. The number of rotatable bonds is 4. The molecule has 1 N–H and O–H groups in total. The van der Waals surface area contributed by atoms with Gasteiger partial charge < -0.3 is 5.32 Å². The van der Waals surface area contributed by atoms with E-state index in [-0.39, 0.29) is 5.82 Å². The van der Waals surface area contributed by atoms with Gasteiger partial charge in [-0.25, -0.2) is 14.4 Å². The SMILES string of the molecule is Fc1cc2cnccc2cc1CCNc1cc(Cl)ncn1. The largest absolute Gasteiger partial charge is 0.370 e. The number of pyridine rings is 1. The van der Waals surface area contributed by atoms with E-state index in [4.69, 9.17) is 11.6 Å². The molecule has 3 rings (SSSR count). The van der Waals surface area contributed by atoms with Gasteiger partial charge in [0.25, 0.3) is 0 Å². The Balaban J connectivity index is 1.71. The maximum atomic E-state index is 14.0. The van der Waals surface area contributed by atoms with Crippen molar-refractivity contribution in [2.24, 2.45) is 0 Å². The van der Waals surface area contributed by atoms with Crippen molar-refractivity contribution >= 4 is 28.2 Å². The van der Waals surface area contributed by atoms with Crippen LogP contribution in [0, 0.1) is 5.82 Å². The Bertz CT molecular complexity index is 778. The summed E-state index contributed by atoms with van der Waals surface area (Å²) in [6, 6.07) is 6.86. The Labute approximate surface area is 126 Å². The van der Waals surface area contributed by atoms with E-state index >= 15 is 0 Å². The molecule has 0 spiro atoms. The molecule has 0 aliphatic heterocycles. The summed E-state index contributed by atoms with van der Waals surface area (Å²) in [4.78, 5) is 11.8. The minimum atomic E-state index is -0.224. The average Bonchev–Trinajstić information content (AvgIpc) is 2.48. The second kappa shape index (κ2) is 6.01. The molecule has 0 radical (unpaired) electrons. The van der Waals surface area contributed by atoms with Gasteiger partial charge in [0.15, 0.2) is 0 Å². The smallest absolute Gasteiger partial charge is 0.134 e. The van der Waals surface area contributed by atoms with Crippen LogP contribution in [0.25, 0.3) is 10.8 Å². The van der Waals surface area contributed by atoms with Gasteiger partial charge in [-0.05, 0) is 35.6 Å². The predicted octanol–water partition coefficient (Wildman–Crippen LogP) is 3.47. The van der Waals surface area contributed by atoms with E-state index in [2.05, 4.69) is 20.3 Å². The lowest BCUT2D eigenvalue weighted by atomic mass is 10.1. The molecular weight excluding hydrogens is 291 g/mol. The van der Waals surface area contributed by atoms with Crippen LogP contribution < -0.4 is 5.32 Å². The van der Waals surface area contributed by atoms with Crippen LogP contribution in [0.1, 0.15) is 5.56 Å². The zero-order chi connectivity index (χ0) is 14.7. The van der Waals surface area contributed by atoms with Crippen LogP contribution in [-0.2, 0) is 6.42 Å². The number of halogens is 2. The Hall–Kier alpha value is -2.27. The molecule has 0 saturated carbocycles. The second-order valence-corrected chi connectivity index (χ2v) is 4.96. The fraction of sp³-hybridized carbons (Fsp3) is 0.133. The number of fused-ring (bicyclic) bond motifs is 1. The first-order valence-corrected chi connectivity index (χ1v) is 6.84. The molecule has 106 valence electrons. The monoisotopic (exact) mass is 302 g/mol. The molecule has 21 heavy (non-hydrogen) atoms. The number of hydrogen-bond donors (Lipinski definition) is 1. The Morgan fingerprint density at radius 2 is 2.05 bits per heavy atom. The first-order valence-electron chi connectivity index (χ1n) is 6.46. The third kappa shape index (κ3) is 3.25. The molecule has 0 amide bonds. The summed E-state index contributed by atoms with van der Waals surface area (Å²) in [6.07, 6.45) is 5.29. The summed E-state index contributed by atoms with van der Waals surface area (Å²) in [5, 5.41) is 5.25. The number of nitrogens with one attached hydrogen (secondary N) is 1. The van der Waals surface area contributed by atoms with Crippen molar-refractivity contribution in [3.8, 4) is 0 Å². The highest BCUT2D eigenvalue weighted by Gasteiger charge is 2.05. The van der Waals surface area contributed by atoms with Crippen LogP contribution in [0.4, 0.5) is 10.2 Å². The lowest BCUT2D eigenvalue weighted by molar-refractivity contribution is 0.612. The van der Waals surface area contributed by atoms with Crippen LogP contribution >= 0.6 is 11.6 Å². The molecule has 1 aromatic carbocycles. The first-order chi connectivity index (χ1) is 10.2.